The van der Waals surface area contributed by atoms with E-state index in [2.05, 4.69) is 0 Å². The molecule has 0 aliphatic heterocycles. The number of sulfone groups is 1. The molecule has 0 saturated carbocycles. The van der Waals surface area contributed by atoms with Crippen LogP contribution in [0.2, 0.25) is 0 Å². The summed E-state index contributed by atoms with van der Waals surface area (Å²) in [6, 6.07) is 1.94. The van der Waals surface area contributed by atoms with E-state index in [1.165, 1.54) is 6.92 Å². The van der Waals surface area contributed by atoms with Crippen LogP contribution in [-0.4, -0.2) is 20.4 Å². The van der Waals surface area contributed by atoms with Gasteiger partial charge in [0.25, 0.3) is 0 Å². The van der Waals surface area contributed by atoms with Crippen molar-refractivity contribution in [2.24, 2.45) is 0 Å². The Labute approximate surface area is 98.2 Å². The number of hydrogen-bond donors (Lipinski definition) is 0. The summed E-state index contributed by atoms with van der Waals surface area (Å²) in [6.45, 7) is 1.42. The Bertz CT molecular complexity index is 500. The summed E-state index contributed by atoms with van der Waals surface area (Å²) in [6.07, 6.45) is 0.991. The van der Waals surface area contributed by atoms with E-state index in [1.807, 2.05) is 0 Å². The number of aryl methyl sites for hydroxylation is 1. The van der Waals surface area contributed by atoms with Crippen LogP contribution >= 0.6 is 11.6 Å². The fraction of sp³-hybridized carbons (Fsp3) is 0.400. The minimum absolute atomic E-state index is 0.129. The monoisotopic (exact) mass is 268 g/mol. The number of alkyl halides is 1. The first-order chi connectivity index (χ1) is 7.20. The highest BCUT2D eigenvalue weighted by Crippen LogP contribution is 2.26. The molecule has 0 N–H and O–H groups in total. The van der Waals surface area contributed by atoms with Gasteiger partial charge < -0.3 is 0 Å². The molecular formula is C10H11ClF2O2S. The predicted octanol–water partition coefficient (Wildman–Crippen LogP) is 2.60. The van der Waals surface area contributed by atoms with Gasteiger partial charge in [0.15, 0.2) is 0 Å². The molecule has 1 aromatic carbocycles. The van der Waals surface area contributed by atoms with Crippen molar-refractivity contribution in [3.63, 3.8) is 0 Å². The molecule has 0 bridgehead atoms. The lowest BCUT2D eigenvalue weighted by Gasteiger charge is -2.10. The van der Waals surface area contributed by atoms with Crippen LogP contribution in [0.3, 0.4) is 0 Å². The minimum Gasteiger partial charge on any atom is -0.229 e. The Hall–Kier alpha value is -0.680. The second-order valence-corrected chi connectivity index (χ2v) is 6.39. The Balaban J connectivity index is 3.09. The molecule has 6 heteroatoms. The molecule has 0 aliphatic carbocycles. The molecule has 0 fully saturated rings. The SMILES string of the molecule is Cc1cc(F)c(C(Cl)CS(C)(=O)=O)cc1F. The van der Waals surface area contributed by atoms with Crippen molar-refractivity contribution < 1.29 is 17.2 Å². The fourth-order valence-electron chi connectivity index (χ4n) is 1.26. The lowest BCUT2D eigenvalue weighted by molar-refractivity contribution is 0.575. The van der Waals surface area contributed by atoms with Gasteiger partial charge >= 0.3 is 0 Å². The van der Waals surface area contributed by atoms with Crippen LogP contribution in [0, 0.1) is 18.6 Å². The summed E-state index contributed by atoms with van der Waals surface area (Å²) >= 11 is 5.73. The Morgan fingerprint density at radius 3 is 2.38 bits per heavy atom. The standard InChI is InChI=1S/C10H11ClF2O2S/c1-6-3-10(13)7(4-9(6)12)8(11)5-16(2,14)15/h3-4,8H,5H2,1-2H3. The summed E-state index contributed by atoms with van der Waals surface area (Å²) in [5, 5.41) is -1.08. The molecule has 90 valence electrons. The molecule has 1 rings (SSSR count). The molecule has 0 radical (unpaired) electrons. The van der Waals surface area contributed by atoms with Crippen LogP contribution in [0.5, 0.6) is 0 Å². The second-order valence-electron chi connectivity index (χ2n) is 3.68. The number of rotatable bonds is 3. The second kappa shape index (κ2) is 4.67. The van der Waals surface area contributed by atoms with Gasteiger partial charge in [0, 0.05) is 11.8 Å². The smallest absolute Gasteiger partial charge is 0.149 e. The van der Waals surface area contributed by atoms with Crippen LogP contribution < -0.4 is 0 Å². The minimum atomic E-state index is -3.33. The maximum Gasteiger partial charge on any atom is 0.149 e. The quantitative estimate of drug-likeness (QED) is 0.790. The highest BCUT2D eigenvalue weighted by molar-refractivity contribution is 7.90. The zero-order valence-corrected chi connectivity index (χ0v) is 10.4. The normalized spacial score (nSPS) is 13.8. The van der Waals surface area contributed by atoms with E-state index < -0.39 is 32.6 Å². The van der Waals surface area contributed by atoms with E-state index in [0.717, 1.165) is 18.4 Å². The van der Waals surface area contributed by atoms with Crippen LogP contribution in [0.1, 0.15) is 16.5 Å². The maximum absolute atomic E-state index is 13.4. The third kappa shape index (κ3) is 3.42. The summed E-state index contributed by atoms with van der Waals surface area (Å²) < 4.78 is 48.5. The van der Waals surface area contributed by atoms with Gasteiger partial charge in [0.1, 0.15) is 21.5 Å². The summed E-state index contributed by atoms with van der Waals surface area (Å²) in [5.41, 5.74) is 0.0275. The molecule has 2 nitrogen and oxygen atoms in total. The van der Waals surface area contributed by atoms with E-state index in [-0.39, 0.29) is 11.1 Å². The van der Waals surface area contributed by atoms with Crippen LogP contribution in [0.15, 0.2) is 12.1 Å². The lowest BCUT2D eigenvalue weighted by atomic mass is 10.1. The molecule has 1 aromatic rings. The van der Waals surface area contributed by atoms with Gasteiger partial charge in [-0.1, -0.05) is 0 Å². The van der Waals surface area contributed by atoms with E-state index in [0.29, 0.717) is 0 Å². The molecule has 0 aromatic heterocycles. The van der Waals surface area contributed by atoms with Crippen molar-refractivity contribution in [3.05, 3.63) is 34.9 Å². The largest absolute Gasteiger partial charge is 0.229 e. The Morgan fingerprint density at radius 1 is 1.31 bits per heavy atom. The van der Waals surface area contributed by atoms with Crippen molar-refractivity contribution in [1.82, 2.24) is 0 Å². The van der Waals surface area contributed by atoms with E-state index >= 15 is 0 Å². The van der Waals surface area contributed by atoms with Crippen molar-refractivity contribution in [2.75, 3.05) is 12.0 Å². The third-order valence-corrected chi connectivity index (χ3v) is 3.58. The van der Waals surface area contributed by atoms with Gasteiger partial charge in [-0.2, -0.15) is 0 Å². The molecule has 0 amide bonds. The van der Waals surface area contributed by atoms with E-state index in [1.54, 1.807) is 0 Å². The topological polar surface area (TPSA) is 34.1 Å². The van der Waals surface area contributed by atoms with Gasteiger partial charge in [-0.15, -0.1) is 11.6 Å². The van der Waals surface area contributed by atoms with Crippen molar-refractivity contribution in [2.45, 2.75) is 12.3 Å². The van der Waals surface area contributed by atoms with Crippen molar-refractivity contribution in [1.29, 1.82) is 0 Å². The van der Waals surface area contributed by atoms with Gasteiger partial charge in [-0.3, -0.25) is 0 Å². The first kappa shape index (κ1) is 13.4. The number of halogens is 3. The summed E-state index contributed by atoms with van der Waals surface area (Å²) in [5.74, 6) is -1.72. The zero-order valence-electron chi connectivity index (χ0n) is 8.80. The van der Waals surface area contributed by atoms with Gasteiger partial charge in [-0.25, -0.2) is 17.2 Å². The fourth-order valence-corrected chi connectivity index (χ4v) is 2.82. The average molecular weight is 269 g/mol. The summed E-state index contributed by atoms with van der Waals surface area (Å²) in [7, 11) is -3.33. The van der Waals surface area contributed by atoms with Gasteiger partial charge in [-0.05, 0) is 24.6 Å². The van der Waals surface area contributed by atoms with Gasteiger partial charge in [0.05, 0.1) is 11.1 Å². The van der Waals surface area contributed by atoms with Crippen molar-refractivity contribution in [3.8, 4) is 0 Å². The zero-order chi connectivity index (χ0) is 12.5. The molecule has 16 heavy (non-hydrogen) atoms. The van der Waals surface area contributed by atoms with Crippen LogP contribution in [0.4, 0.5) is 8.78 Å². The van der Waals surface area contributed by atoms with Crippen LogP contribution in [0.25, 0.3) is 0 Å². The first-order valence-electron chi connectivity index (χ1n) is 4.48. The Kier molecular flexibility index (Phi) is 3.91. The molecular weight excluding hydrogens is 258 g/mol. The summed E-state index contributed by atoms with van der Waals surface area (Å²) in [4.78, 5) is 0. The number of benzene rings is 1. The van der Waals surface area contributed by atoms with E-state index in [9.17, 15) is 17.2 Å². The lowest BCUT2D eigenvalue weighted by Crippen LogP contribution is -2.10. The molecule has 1 atom stereocenters. The van der Waals surface area contributed by atoms with E-state index in [4.69, 9.17) is 11.6 Å². The van der Waals surface area contributed by atoms with Crippen molar-refractivity contribution >= 4 is 21.4 Å². The number of hydrogen-bond acceptors (Lipinski definition) is 2. The Morgan fingerprint density at radius 2 is 1.88 bits per heavy atom. The van der Waals surface area contributed by atoms with Crippen LogP contribution in [-0.2, 0) is 9.84 Å². The maximum atomic E-state index is 13.4. The highest BCUT2D eigenvalue weighted by Gasteiger charge is 2.19. The molecule has 0 spiro atoms. The predicted molar refractivity (Wildman–Crippen MR) is 59.4 cm³/mol. The average Bonchev–Trinajstić information content (AvgIpc) is 2.08. The molecule has 1 unspecified atom stereocenters. The highest BCUT2D eigenvalue weighted by atomic mass is 35.5. The third-order valence-electron chi connectivity index (χ3n) is 2.06. The molecule has 0 aliphatic rings. The molecule has 0 saturated heterocycles. The van der Waals surface area contributed by atoms with Gasteiger partial charge in [0.2, 0.25) is 0 Å². The first-order valence-corrected chi connectivity index (χ1v) is 6.98. The molecule has 0 heterocycles.